The summed E-state index contributed by atoms with van der Waals surface area (Å²) >= 11 is 0. The minimum Gasteiger partial charge on any atom is -0.493 e. The van der Waals surface area contributed by atoms with E-state index in [1.165, 1.54) is 7.11 Å². The number of methoxy groups -OCH3 is 1. The van der Waals surface area contributed by atoms with E-state index >= 15 is 0 Å². The number of para-hydroxylation sites is 3. The first-order valence-electron chi connectivity index (χ1n) is 12.2. The smallest absolute Gasteiger partial charge is 0.322 e. The van der Waals surface area contributed by atoms with E-state index in [2.05, 4.69) is 24.4 Å². The zero-order chi connectivity index (χ0) is 27.7. The molecule has 0 aliphatic heterocycles. The van der Waals surface area contributed by atoms with E-state index in [0.717, 1.165) is 12.0 Å². The monoisotopic (exact) mass is 551 g/mol. The van der Waals surface area contributed by atoms with Crippen LogP contribution in [0.1, 0.15) is 18.9 Å². The molecule has 0 bridgehead atoms. The molecule has 0 unspecified atom stereocenters. The number of hydrogen-bond donors (Lipinski definition) is 3. The predicted octanol–water partition coefficient (Wildman–Crippen LogP) is 4.43. The maximum absolute atomic E-state index is 13.4. The molecule has 11 nitrogen and oxygen atoms in total. The third-order valence-electron chi connectivity index (χ3n) is 5.40. The van der Waals surface area contributed by atoms with Crippen LogP contribution in [-0.4, -0.2) is 48.8 Å². The van der Waals surface area contributed by atoms with Gasteiger partial charge in [-0.1, -0.05) is 43.7 Å². The lowest BCUT2D eigenvalue weighted by Crippen LogP contribution is -2.24. The van der Waals surface area contributed by atoms with Crippen molar-refractivity contribution in [1.82, 2.24) is 15.0 Å². The summed E-state index contributed by atoms with van der Waals surface area (Å²) in [6, 6.07) is 17.3. The van der Waals surface area contributed by atoms with Crippen molar-refractivity contribution in [3.63, 3.8) is 0 Å². The number of pyridine rings is 1. The van der Waals surface area contributed by atoms with Crippen molar-refractivity contribution in [2.45, 2.75) is 19.8 Å². The molecular weight excluding hydrogens is 522 g/mol. The fraction of sp³-hybridized carbons (Fsp3) is 0.222. The van der Waals surface area contributed by atoms with Crippen LogP contribution in [0.5, 0.6) is 23.1 Å². The lowest BCUT2D eigenvalue weighted by atomic mass is 10.1. The van der Waals surface area contributed by atoms with Crippen LogP contribution in [0.25, 0.3) is 11.4 Å². The van der Waals surface area contributed by atoms with Crippen molar-refractivity contribution in [2.24, 2.45) is 0 Å². The summed E-state index contributed by atoms with van der Waals surface area (Å²) in [6.45, 7) is 1.59. The third kappa shape index (κ3) is 7.12. The largest absolute Gasteiger partial charge is 0.493 e. The minimum absolute atomic E-state index is 0.0825. The maximum Gasteiger partial charge on any atom is 0.322 e. The topological polar surface area (TPSA) is 145 Å². The molecule has 0 aliphatic carbocycles. The quantitative estimate of drug-likeness (QED) is 0.220. The number of hydrogen-bond acceptors (Lipinski definition) is 9. The van der Waals surface area contributed by atoms with Gasteiger partial charge in [0.15, 0.2) is 23.1 Å². The lowest BCUT2D eigenvalue weighted by molar-refractivity contribution is 0.192. The van der Waals surface area contributed by atoms with Crippen LogP contribution < -0.4 is 23.7 Å². The molecule has 0 spiro atoms. The first-order valence-corrected chi connectivity index (χ1v) is 13.7. The number of ether oxygens (including phenoxy) is 3. The molecule has 0 saturated heterocycles. The van der Waals surface area contributed by atoms with Crippen molar-refractivity contribution in [1.29, 1.82) is 0 Å². The van der Waals surface area contributed by atoms with Crippen LogP contribution >= 0.6 is 0 Å². The number of aliphatic hydroxyl groups excluding tert-OH is 1. The summed E-state index contributed by atoms with van der Waals surface area (Å²) in [6.07, 6.45) is 4.65. The molecule has 0 amide bonds. The Morgan fingerprint density at radius 2 is 1.64 bits per heavy atom. The van der Waals surface area contributed by atoms with Crippen LogP contribution in [0, 0.1) is 0 Å². The Labute approximate surface area is 227 Å². The highest BCUT2D eigenvalue weighted by atomic mass is 32.2. The highest BCUT2D eigenvalue weighted by molar-refractivity contribution is 7.94. The number of aryl methyl sites for hydroxylation is 1. The Morgan fingerprint density at radius 3 is 2.36 bits per heavy atom. The van der Waals surface area contributed by atoms with Crippen molar-refractivity contribution in [3.8, 4) is 34.5 Å². The van der Waals surface area contributed by atoms with E-state index in [1.54, 1.807) is 60.9 Å². The Hall–Kier alpha value is -4.42. The van der Waals surface area contributed by atoms with Gasteiger partial charge in [0.05, 0.1) is 19.4 Å². The Bertz CT molecular complexity index is 1500. The fourth-order valence-electron chi connectivity index (χ4n) is 3.68. The second-order valence-corrected chi connectivity index (χ2v) is 9.62. The highest BCUT2D eigenvalue weighted by Crippen LogP contribution is 2.41. The van der Waals surface area contributed by atoms with Gasteiger partial charge in [-0.25, -0.2) is 9.71 Å². The van der Waals surface area contributed by atoms with Crippen molar-refractivity contribution < 1.29 is 27.7 Å². The predicted molar refractivity (Wildman–Crippen MR) is 148 cm³/mol. The summed E-state index contributed by atoms with van der Waals surface area (Å²) in [7, 11) is -2.73. The van der Waals surface area contributed by atoms with Crippen LogP contribution in [0.15, 0.2) is 73.1 Å². The number of benzene rings is 2. The summed E-state index contributed by atoms with van der Waals surface area (Å²) in [4.78, 5) is 12.9. The second-order valence-electron chi connectivity index (χ2n) is 8.21. The van der Waals surface area contributed by atoms with Gasteiger partial charge >= 0.3 is 10.2 Å². The van der Waals surface area contributed by atoms with Gasteiger partial charge in [0.2, 0.25) is 5.75 Å². The first-order chi connectivity index (χ1) is 18.9. The van der Waals surface area contributed by atoms with Gasteiger partial charge in [-0.2, -0.15) is 13.4 Å². The Balaban J connectivity index is 1.82. The molecule has 2 heterocycles. The number of anilines is 2. The van der Waals surface area contributed by atoms with Crippen LogP contribution in [0.4, 0.5) is 11.5 Å². The van der Waals surface area contributed by atoms with E-state index in [9.17, 15) is 13.5 Å². The SMILES string of the molecule is CCCc1ccccc1NS(=O)(=O)Nc1nc(-c2ccncc2)nc(OCCO)c1Oc1ccccc1OC. The number of aromatic nitrogens is 3. The van der Waals surface area contributed by atoms with E-state index in [-0.39, 0.29) is 42.2 Å². The normalized spacial score (nSPS) is 11.1. The number of rotatable bonds is 13. The summed E-state index contributed by atoms with van der Waals surface area (Å²) in [5.74, 6) is 0.441. The third-order valence-corrected chi connectivity index (χ3v) is 6.35. The molecule has 0 aliphatic rings. The van der Waals surface area contributed by atoms with Crippen LogP contribution in [0.3, 0.4) is 0 Å². The van der Waals surface area contributed by atoms with Crippen molar-refractivity contribution >= 4 is 21.7 Å². The van der Waals surface area contributed by atoms with Gasteiger partial charge in [-0.15, -0.1) is 0 Å². The number of nitrogens with zero attached hydrogens (tertiary/aromatic N) is 3. The van der Waals surface area contributed by atoms with E-state index in [4.69, 9.17) is 14.2 Å². The van der Waals surface area contributed by atoms with E-state index in [0.29, 0.717) is 23.4 Å². The standard InChI is InChI=1S/C27H29N5O6S/c1-3-8-19-9-4-5-10-21(19)31-39(34,35)32-26-24(38-23-12-7-6-11-22(23)36-2)27(37-18-17-33)30-25(29-26)20-13-15-28-16-14-20/h4-7,9-16,31,33H,3,8,17-18H2,1-2H3,(H,29,30,32). The molecule has 39 heavy (non-hydrogen) atoms. The van der Waals surface area contributed by atoms with Gasteiger partial charge in [0.1, 0.15) is 6.61 Å². The van der Waals surface area contributed by atoms with Gasteiger partial charge in [0.25, 0.3) is 5.88 Å². The van der Waals surface area contributed by atoms with Gasteiger partial charge < -0.3 is 19.3 Å². The molecule has 0 radical (unpaired) electrons. The summed E-state index contributed by atoms with van der Waals surface area (Å²) < 4.78 is 49.0. The lowest BCUT2D eigenvalue weighted by Gasteiger charge is -2.19. The zero-order valence-corrected chi connectivity index (χ0v) is 22.3. The Morgan fingerprint density at radius 1 is 0.923 bits per heavy atom. The fourth-order valence-corrected chi connectivity index (χ4v) is 4.61. The van der Waals surface area contributed by atoms with Gasteiger partial charge in [0, 0.05) is 18.0 Å². The molecule has 2 aromatic carbocycles. The average Bonchev–Trinajstić information content (AvgIpc) is 2.94. The molecule has 4 rings (SSSR count). The van der Waals surface area contributed by atoms with Gasteiger partial charge in [-0.3, -0.25) is 9.71 Å². The average molecular weight is 552 g/mol. The molecule has 4 aromatic rings. The highest BCUT2D eigenvalue weighted by Gasteiger charge is 2.25. The molecule has 0 atom stereocenters. The molecule has 2 aromatic heterocycles. The molecule has 0 saturated carbocycles. The van der Waals surface area contributed by atoms with Crippen LogP contribution in [0.2, 0.25) is 0 Å². The van der Waals surface area contributed by atoms with Gasteiger partial charge in [-0.05, 0) is 42.3 Å². The molecular formula is C27H29N5O6S. The van der Waals surface area contributed by atoms with E-state index < -0.39 is 10.2 Å². The molecule has 12 heteroatoms. The summed E-state index contributed by atoms with van der Waals surface area (Å²) in [5.41, 5.74) is 1.85. The Kier molecular flexibility index (Phi) is 9.13. The first kappa shape index (κ1) is 27.6. The molecule has 3 N–H and O–H groups in total. The second kappa shape index (κ2) is 12.9. The minimum atomic E-state index is -4.21. The van der Waals surface area contributed by atoms with Crippen LogP contribution in [-0.2, 0) is 16.6 Å². The molecule has 204 valence electrons. The number of nitrogens with one attached hydrogen (secondary N) is 2. The van der Waals surface area contributed by atoms with E-state index in [1.807, 2.05) is 19.1 Å². The number of aliphatic hydroxyl groups is 1. The van der Waals surface area contributed by atoms with Crippen molar-refractivity contribution in [2.75, 3.05) is 29.8 Å². The zero-order valence-electron chi connectivity index (χ0n) is 21.5. The summed E-state index contributed by atoms with van der Waals surface area (Å²) in [5, 5.41) is 9.41. The van der Waals surface area contributed by atoms with Crippen molar-refractivity contribution in [3.05, 3.63) is 78.6 Å². The molecule has 0 fully saturated rings. The maximum atomic E-state index is 13.4.